The number of rotatable bonds is 0. The molecular weight excluding hydrogens is 243 g/mol. The third kappa shape index (κ3) is 2.07. The smallest absolute Gasteiger partial charge is 0.250 e. The predicted octanol–water partition coefficient (Wildman–Crippen LogP) is 3.28. The van der Waals surface area contributed by atoms with E-state index in [2.05, 4.69) is 10.1 Å². The summed E-state index contributed by atoms with van der Waals surface area (Å²) in [5.74, 6) is 0. The quantitative estimate of drug-likeness (QED) is 0.725. The minimum Gasteiger partial charge on any atom is -0.250 e. The van der Waals surface area contributed by atoms with Crippen LogP contribution in [0.2, 0.25) is 0 Å². The van der Waals surface area contributed by atoms with Gasteiger partial charge in [-0.2, -0.15) is 18.3 Å². The lowest BCUT2D eigenvalue weighted by Gasteiger charge is -2.15. The number of alkyl halides is 3. The number of pyridine rings is 1. The third-order valence-electron chi connectivity index (χ3n) is 2.72. The van der Waals surface area contributed by atoms with Gasteiger partial charge >= 0.3 is 6.18 Å². The van der Waals surface area contributed by atoms with Gasteiger partial charge in [0.2, 0.25) is 0 Å². The Labute approximate surface area is 103 Å². The van der Waals surface area contributed by atoms with E-state index in [4.69, 9.17) is 0 Å². The molecule has 0 aliphatic rings. The van der Waals surface area contributed by atoms with Gasteiger partial charge in [-0.3, -0.25) is 4.68 Å². The van der Waals surface area contributed by atoms with Gasteiger partial charge in [-0.05, 0) is 6.07 Å². The Morgan fingerprint density at radius 1 is 1.17 bits per heavy atom. The first kappa shape index (κ1) is 12.9. The highest BCUT2D eigenvalue weighted by Gasteiger charge is 2.32. The van der Waals surface area contributed by atoms with Gasteiger partial charge in [-0.15, -0.1) is 0 Å². The van der Waals surface area contributed by atoms with Crippen LogP contribution in [0.5, 0.6) is 0 Å². The Hall–Kier alpha value is -1.59. The van der Waals surface area contributed by atoms with Gasteiger partial charge < -0.3 is 0 Å². The average molecular weight is 257 g/mol. The van der Waals surface area contributed by atoms with Crippen molar-refractivity contribution in [3.8, 4) is 0 Å². The van der Waals surface area contributed by atoms with Crippen molar-refractivity contribution in [2.45, 2.75) is 32.4 Å². The first-order valence-electron chi connectivity index (χ1n) is 5.51. The average Bonchev–Trinajstić information content (AvgIpc) is 2.54. The molecule has 2 heterocycles. The fourth-order valence-electron chi connectivity index (χ4n) is 1.85. The van der Waals surface area contributed by atoms with Crippen molar-refractivity contribution in [2.24, 2.45) is 7.05 Å². The molecule has 0 saturated carbocycles. The highest BCUT2D eigenvalue weighted by molar-refractivity contribution is 5.80. The van der Waals surface area contributed by atoms with Gasteiger partial charge in [0.15, 0.2) is 5.65 Å². The predicted molar refractivity (Wildman–Crippen MR) is 62.2 cm³/mol. The van der Waals surface area contributed by atoms with Crippen molar-refractivity contribution in [1.82, 2.24) is 14.8 Å². The standard InChI is InChI=1S/C12H14F3N3/c1-11(2,3)9-8-5-7(12(13,14)15)6-16-10(8)18(4)17-9/h5-6H,1-4H3. The number of halogens is 3. The van der Waals surface area contributed by atoms with E-state index in [9.17, 15) is 13.2 Å². The van der Waals surface area contributed by atoms with Gasteiger partial charge in [0, 0.05) is 24.0 Å². The summed E-state index contributed by atoms with van der Waals surface area (Å²) < 4.78 is 39.6. The second kappa shape index (κ2) is 3.70. The molecule has 18 heavy (non-hydrogen) atoms. The summed E-state index contributed by atoms with van der Waals surface area (Å²) >= 11 is 0. The Morgan fingerprint density at radius 2 is 1.78 bits per heavy atom. The molecule has 2 aromatic heterocycles. The molecule has 6 heteroatoms. The van der Waals surface area contributed by atoms with E-state index < -0.39 is 11.7 Å². The molecule has 2 rings (SSSR count). The van der Waals surface area contributed by atoms with Crippen molar-refractivity contribution in [3.05, 3.63) is 23.5 Å². The molecule has 0 aliphatic heterocycles. The fourth-order valence-corrected chi connectivity index (χ4v) is 1.85. The van der Waals surface area contributed by atoms with Crippen LogP contribution in [0.3, 0.4) is 0 Å². The third-order valence-corrected chi connectivity index (χ3v) is 2.72. The number of hydrogen-bond donors (Lipinski definition) is 0. The molecule has 0 aromatic carbocycles. The van der Waals surface area contributed by atoms with Crippen LogP contribution >= 0.6 is 0 Å². The fraction of sp³-hybridized carbons (Fsp3) is 0.500. The Balaban J connectivity index is 2.75. The molecule has 0 spiro atoms. The van der Waals surface area contributed by atoms with Crippen LogP contribution in [0.15, 0.2) is 12.3 Å². The molecule has 0 fully saturated rings. The summed E-state index contributed by atoms with van der Waals surface area (Å²) in [6, 6.07) is 1.12. The van der Waals surface area contributed by atoms with E-state index in [0.717, 1.165) is 12.3 Å². The number of fused-ring (bicyclic) bond motifs is 1. The highest BCUT2D eigenvalue weighted by atomic mass is 19.4. The van der Waals surface area contributed by atoms with Crippen molar-refractivity contribution < 1.29 is 13.2 Å². The van der Waals surface area contributed by atoms with E-state index >= 15 is 0 Å². The Bertz CT molecular complexity index is 591. The van der Waals surface area contributed by atoms with Crippen molar-refractivity contribution >= 4 is 11.0 Å². The van der Waals surface area contributed by atoms with Crippen LogP contribution < -0.4 is 0 Å². The monoisotopic (exact) mass is 257 g/mol. The molecule has 0 atom stereocenters. The lowest BCUT2D eigenvalue weighted by atomic mass is 9.90. The summed E-state index contributed by atoms with van der Waals surface area (Å²) in [5, 5.41) is 4.73. The first-order chi connectivity index (χ1) is 8.10. The van der Waals surface area contributed by atoms with Crippen LogP contribution in [0.1, 0.15) is 32.0 Å². The summed E-state index contributed by atoms with van der Waals surface area (Å²) in [6.45, 7) is 5.74. The van der Waals surface area contributed by atoms with Crippen molar-refractivity contribution in [3.63, 3.8) is 0 Å². The number of hydrogen-bond acceptors (Lipinski definition) is 2. The summed E-state index contributed by atoms with van der Waals surface area (Å²) in [7, 11) is 1.68. The molecule has 0 unspecified atom stereocenters. The van der Waals surface area contributed by atoms with Gasteiger partial charge in [0.25, 0.3) is 0 Å². The molecule has 0 amide bonds. The highest BCUT2D eigenvalue weighted by Crippen LogP contribution is 2.33. The van der Waals surface area contributed by atoms with Crippen molar-refractivity contribution in [1.29, 1.82) is 0 Å². The topological polar surface area (TPSA) is 30.7 Å². The maximum atomic E-state index is 12.7. The summed E-state index contributed by atoms with van der Waals surface area (Å²) in [4.78, 5) is 3.86. The SMILES string of the molecule is Cn1nc(C(C)(C)C)c2cc(C(F)(F)F)cnc21. The lowest BCUT2D eigenvalue weighted by molar-refractivity contribution is -0.137. The van der Waals surface area contributed by atoms with Crippen LogP contribution in [0, 0.1) is 0 Å². The first-order valence-corrected chi connectivity index (χ1v) is 5.51. The molecule has 3 nitrogen and oxygen atoms in total. The maximum Gasteiger partial charge on any atom is 0.417 e. The number of aromatic nitrogens is 3. The molecule has 0 bridgehead atoms. The van der Waals surface area contributed by atoms with E-state index in [1.807, 2.05) is 20.8 Å². The second-order valence-electron chi connectivity index (χ2n) is 5.32. The maximum absolute atomic E-state index is 12.7. The lowest BCUT2D eigenvalue weighted by Crippen LogP contribution is -2.13. The second-order valence-corrected chi connectivity index (χ2v) is 5.32. The molecule has 0 saturated heterocycles. The van der Waals surface area contributed by atoms with E-state index in [-0.39, 0.29) is 5.41 Å². The summed E-state index contributed by atoms with van der Waals surface area (Å²) in [6.07, 6.45) is -3.54. The van der Waals surface area contributed by atoms with Gasteiger partial charge in [0.1, 0.15) is 0 Å². The minimum atomic E-state index is -4.38. The van der Waals surface area contributed by atoms with Gasteiger partial charge in [-0.25, -0.2) is 4.98 Å². The molecule has 2 aromatic rings. The van der Waals surface area contributed by atoms with Gasteiger partial charge in [-0.1, -0.05) is 20.8 Å². The zero-order valence-corrected chi connectivity index (χ0v) is 10.6. The largest absolute Gasteiger partial charge is 0.417 e. The van der Waals surface area contributed by atoms with E-state index in [0.29, 0.717) is 16.7 Å². The summed E-state index contributed by atoms with van der Waals surface area (Å²) in [5.41, 5.74) is 0.0193. The van der Waals surface area contributed by atoms with Crippen LogP contribution in [0.4, 0.5) is 13.2 Å². The normalized spacial score (nSPS) is 13.3. The number of nitrogens with zero attached hydrogens (tertiary/aromatic N) is 3. The zero-order chi connectivity index (χ0) is 13.7. The molecule has 0 N–H and O–H groups in total. The van der Waals surface area contributed by atoms with E-state index in [1.165, 1.54) is 4.68 Å². The van der Waals surface area contributed by atoms with Crippen LogP contribution in [-0.2, 0) is 18.6 Å². The van der Waals surface area contributed by atoms with Crippen LogP contribution in [-0.4, -0.2) is 14.8 Å². The van der Waals surface area contributed by atoms with E-state index in [1.54, 1.807) is 7.05 Å². The molecule has 98 valence electrons. The van der Waals surface area contributed by atoms with Crippen molar-refractivity contribution in [2.75, 3.05) is 0 Å². The molecule has 0 aliphatic carbocycles. The van der Waals surface area contributed by atoms with Gasteiger partial charge in [0.05, 0.1) is 11.3 Å². The minimum absolute atomic E-state index is 0.328. The Kier molecular flexibility index (Phi) is 2.64. The number of aryl methyl sites for hydroxylation is 1. The zero-order valence-electron chi connectivity index (χ0n) is 10.6. The Morgan fingerprint density at radius 3 is 2.28 bits per heavy atom. The molecule has 0 radical (unpaired) electrons. The van der Waals surface area contributed by atoms with Crippen LogP contribution in [0.25, 0.3) is 11.0 Å². The molecular formula is C12H14F3N3.